The molecule has 138 valence electrons. The van der Waals surface area contributed by atoms with Gasteiger partial charge in [-0.3, -0.25) is 4.79 Å². The van der Waals surface area contributed by atoms with Crippen molar-refractivity contribution in [2.45, 2.75) is 32.2 Å². The van der Waals surface area contributed by atoms with Gasteiger partial charge in [-0.2, -0.15) is 4.31 Å². The Hall–Kier alpha value is -1.83. The maximum absolute atomic E-state index is 12.9. The standard InChI is InChI=1S/C18H20ClN3O3S/c19-13-5-4-12-11-20-16-9-14(10-17(23)18(16)21-15(12)8-13)26(24,25)22-6-2-1-3-7-22/h4-5,8-9,20-21H,1-3,6-7,10-11H2. The number of nitrogens with one attached hydrogen (secondary N) is 2. The van der Waals surface area contributed by atoms with E-state index in [9.17, 15) is 13.2 Å². The summed E-state index contributed by atoms with van der Waals surface area (Å²) < 4.78 is 27.4. The van der Waals surface area contributed by atoms with Crippen molar-refractivity contribution in [3.63, 3.8) is 0 Å². The molecule has 0 atom stereocenters. The Morgan fingerprint density at radius 3 is 2.65 bits per heavy atom. The molecule has 2 aliphatic heterocycles. The first-order valence-electron chi connectivity index (χ1n) is 8.73. The third-order valence-corrected chi connectivity index (χ3v) is 7.18. The predicted octanol–water partition coefficient (Wildman–Crippen LogP) is 2.74. The van der Waals surface area contributed by atoms with Crippen molar-refractivity contribution in [3.8, 4) is 0 Å². The lowest BCUT2D eigenvalue weighted by Gasteiger charge is -2.28. The van der Waals surface area contributed by atoms with Gasteiger partial charge in [0.05, 0.1) is 17.0 Å². The first-order valence-corrected chi connectivity index (χ1v) is 10.5. The van der Waals surface area contributed by atoms with Gasteiger partial charge >= 0.3 is 0 Å². The summed E-state index contributed by atoms with van der Waals surface area (Å²) >= 11 is 6.05. The Morgan fingerprint density at radius 2 is 1.88 bits per heavy atom. The number of piperidine rings is 1. The van der Waals surface area contributed by atoms with E-state index in [1.165, 1.54) is 4.31 Å². The second-order valence-electron chi connectivity index (χ2n) is 6.74. The van der Waals surface area contributed by atoms with Gasteiger partial charge in [-0.25, -0.2) is 8.42 Å². The molecular weight excluding hydrogens is 374 g/mol. The number of carbonyl (C=O) groups excluding carboxylic acids is 1. The van der Waals surface area contributed by atoms with E-state index in [0.717, 1.165) is 30.5 Å². The first-order chi connectivity index (χ1) is 12.4. The molecule has 1 aromatic rings. The number of anilines is 1. The third kappa shape index (κ3) is 3.15. The van der Waals surface area contributed by atoms with E-state index in [0.29, 0.717) is 36.1 Å². The predicted molar refractivity (Wildman–Crippen MR) is 101 cm³/mol. The summed E-state index contributed by atoms with van der Waals surface area (Å²) in [6, 6.07) is 5.44. The van der Waals surface area contributed by atoms with Crippen LogP contribution in [0, 0.1) is 0 Å². The van der Waals surface area contributed by atoms with E-state index >= 15 is 0 Å². The van der Waals surface area contributed by atoms with E-state index in [1.54, 1.807) is 18.2 Å². The van der Waals surface area contributed by atoms with Crippen LogP contribution in [-0.4, -0.2) is 31.6 Å². The number of Topliss-reactive ketones (excluding diaryl/α,β-unsaturated/α-hetero) is 1. The molecule has 6 nitrogen and oxygen atoms in total. The highest BCUT2D eigenvalue weighted by molar-refractivity contribution is 7.93. The fraction of sp³-hybridized carbons (Fsp3) is 0.389. The van der Waals surface area contributed by atoms with Crippen LogP contribution in [0.1, 0.15) is 31.2 Å². The molecule has 3 aliphatic rings. The van der Waals surface area contributed by atoms with Gasteiger partial charge in [0.2, 0.25) is 10.0 Å². The molecule has 1 aromatic carbocycles. The average molecular weight is 394 g/mol. The van der Waals surface area contributed by atoms with Gasteiger partial charge in [-0.05, 0) is 36.6 Å². The van der Waals surface area contributed by atoms with Crippen LogP contribution in [0.15, 0.2) is 40.6 Å². The topological polar surface area (TPSA) is 78.5 Å². The Bertz CT molecular complexity index is 931. The molecule has 0 saturated carbocycles. The van der Waals surface area contributed by atoms with Gasteiger partial charge in [-0.15, -0.1) is 0 Å². The number of halogens is 1. The maximum Gasteiger partial charge on any atom is 0.239 e. The molecule has 0 amide bonds. The highest BCUT2D eigenvalue weighted by atomic mass is 35.5. The zero-order valence-electron chi connectivity index (χ0n) is 14.2. The number of sulfonamides is 1. The lowest BCUT2D eigenvalue weighted by molar-refractivity contribution is -0.114. The van der Waals surface area contributed by atoms with Crippen molar-refractivity contribution in [3.05, 3.63) is 51.2 Å². The van der Waals surface area contributed by atoms with Crippen LogP contribution < -0.4 is 10.6 Å². The molecule has 2 heterocycles. The highest BCUT2D eigenvalue weighted by Crippen LogP contribution is 2.32. The summed E-state index contributed by atoms with van der Waals surface area (Å²) in [7, 11) is -3.60. The Labute approximate surface area is 157 Å². The number of rotatable bonds is 2. The van der Waals surface area contributed by atoms with Gasteiger partial charge in [0.25, 0.3) is 0 Å². The van der Waals surface area contributed by atoms with Crippen molar-refractivity contribution in [2.24, 2.45) is 0 Å². The lowest BCUT2D eigenvalue weighted by Crippen LogP contribution is -2.38. The van der Waals surface area contributed by atoms with Crippen molar-refractivity contribution in [1.29, 1.82) is 0 Å². The smallest absolute Gasteiger partial charge is 0.239 e. The van der Waals surface area contributed by atoms with Crippen LogP contribution >= 0.6 is 11.6 Å². The lowest BCUT2D eigenvalue weighted by atomic mass is 10.1. The van der Waals surface area contributed by atoms with E-state index in [4.69, 9.17) is 11.6 Å². The highest BCUT2D eigenvalue weighted by Gasteiger charge is 2.34. The van der Waals surface area contributed by atoms with Gasteiger partial charge in [0.15, 0.2) is 5.78 Å². The minimum absolute atomic E-state index is 0.123. The summed E-state index contributed by atoms with van der Waals surface area (Å²) in [4.78, 5) is 12.9. The normalized spacial score (nSPS) is 21.1. The van der Waals surface area contributed by atoms with Crippen LogP contribution in [0.3, 0.4) is 0 Å². The summed E-state index contributed by atoms with van der Waals surface area (Å²) in [6.07, 6.45) is 4.25. The minimum Gasteiger partial charge on any atom is -0.379 e. The van der Waals surface area contributed by atoms with Crippen molar-refractivity contribution < 1.29 is 13.2 Å². The molecule has 0 spiro atoms. The van der Waals surface area contributed by atoms with Crippen molar-refractivity contribution >= 4 is 33.1 Å². The quantitative estimate of drug-likeness (QED) is 0.807. The fourth-order valence-electron chi connectivity index (χ4n) is 3.54. The molecule has 0 radical (unpaired) electrons. The summed E-state index contributed by atoms with van der Waals surface area (Å²) in [6.45, 7) is 1.53. The average Bonchev–Trinajstić information content (AvgIpc) is 2.82. The van der Waals surface area contributed by atoms with Gasteiger partial charge < -0.3 is 10.6 Å². The largest absolute Gasteiger partial charge is 0.379 e. The number of benzene rings is 1. The second-order valence-corrected chi connectivity index (χ2v) is 9.17. The SMILES string of the molecule is O=C1CC(S(=O)(=O)N2CCCCC2)=CC2=C1Nc1cc(Cl)ccc1CN2. The van der Waals surface area contributed by atoms with E-state index in [-0.39, 0.29) is 17.1 Å². The molecule has 26 heavy (non-hydrogen) atoms. The Kier molecular flexibility index (Phi) is 4.54. The van der Waals surface area contributed by atoms with Crippen LogP contribution in [-0.2, 0) is 21.4 Å². The number of fused-ring (bicyclic) bond motifs is 1. The van der Waals surface area contributed by atoms with Crippen LogP contribution in [0.4, 0.5) is 5.69 Å². The van der Waals surface area contributed by atoms with E-state index in [1.807, 2.05) is 6.07 Å². The number of hydrogen-bond donors (Lipinski definition) is 2. The van der Waals surface area contributed by atoms with Gasteiger partial charge in [-0.1, -0.05) is 24.1 Å². The van der Waals surface area contributed by atoms with Crippen LogP contribution in [0.2, 0.25) is 5.02 Å². The molecule has 0 aromatic heterocycles. The Morgan fingerprint density at radius 1 is 1.12 bits per heavy atom. The first kappa shape index (κ1) is 17.6. The van der Waals surface area contributed by atoms with Crippen molar-refractivity contribution in [1.82, 2.24) is 9.62 Å². The van der Waals surface area contributed by atoms with Gasteiger partial charge in [0, 0.05) is 30.3 Å². The monoisotopic (exact) mass is 393 g/mol. The molecule has 1 aliphatic carbocycles. The summed E-state index contributed by atoms with van der Waals surface area (Å²) in [5.41, 5.74) is 2.64. The number of ketones is 1. The summed E-state index contributed by atoms with van der Waals surface area (Å²) in [5.74, 6) is -0.238. The molecule has 4 rings (SSSR count). The number of hydrogen-bond acceptors (Lipinski definition) is 5. The number of allylic oxidation sites excluding steroid dienone is 3. The molecule has 0 unspecified atom stereocenters. The molecule has 8 heteroatoms. The fourth-order valence-corrected chi connectivity index (χ4v) is 5.36. The van der Waals surface area contributed by atoms with Crippen LogP contribution in [0.25, 0.3) is 0 Å². The van der Waals surface area contributed by atoms with Gasteiger partial charge in [0.1, 0.15) is 5.70 Å². The van der Waals surface area contributed by atoms with E-state index in [2.05, 4.69) is 10.6 Å². The van der Waals surface area contributed by atoms with Crippen molar-refractivity contribution in [2.75, 3.05) is 18.4 Å². The molecular formula is C18H20ClN3O3S. The number of carbonyl (C=O) groups is 1. The Balaban J connectivity index is 1.68. The zero-order valence-corrected chi connectivity index (χ0v) is 15.8. The second kappa shape index (κ2) is 6.72. The van der Waals surface area contributed by atoms with Crippen LogP contribution in [0.5, 0.6) is 0 Å². The maximum atomic E-state index is 12.9. The molecule has 0 bridgehead atoms. The van der Waals surface area contributed by atoms with E-state index < -0.39 is 10.0 Å². The zero-order chi connectivity index (χ0) is 18.3. The summed E-state index contributed by atoms with van der Waals surface area (Å²) in [5, 5.41) is 6.90. The molecule has 2 N–H and O–H groups in total. The third-order valence-electron chi connectivity index (χ3n) is 4.98. The molecule has 1 saturated heterocycles. The minimum atomic E-state index is -3.60. The number of nitrogens with zero attached hydrogens (tertiary/aromatic N) is 1. The molecule has 1 fully saturated rings.